The third-order valence-electron chi connectivity index (χ3n) is 3.96. The fourth-order valence-corrected chi connectivity index (χ4v) is 2.92. The van der Waals surface area contributed by atoms with Gasteiger partial charge < -0.3 is 16.3 Å². The van der Waals surface area contributed by atoms with E-state index in [0.29, 0.717) is 6.04 Å². The molecule has 0 radical (unpaired) electrons. The molecule has 1 atom stereocenters. The van der Waals surface area contributed by atoms with Crippen LogP contribution in [0.15, 0.2) is 54.6 Å². The molecule has 0 saturated carbocycles. The van der Waals surface area contributed by atoms with E-state index in [1.54, 1.807) is 0 Å². The Labute approximate surface area is 156 Å². The van der Waals surface area contributed by atoms with E-state index in [4.69, 9.17) is 5.73 Å². The van der Waals surface area contributed by atoms with Crippen molar-refractivity contribution in [2.75, 3.05) is 11.4 Å². The first-order valence-corrected chi connectivity index (χ1v) is 6.97. The van der Waals surface area contributed by atoms with Crippen LogP contribution in [0.1, 0.15) is 23.3 Å². The molecule has 3 rings (SSSR count). The number of hydrogen-bond acceptors (Lipinski definition) is 2. The van der Waals surface area contributed by atoms with Crippen LogP contribution in [0.5, 0.6) is 0 Å². The molecule has 0 aromatic heterocycles. The minimum Gasteiger partial charge on any atom is -1.00 e. The minimum atomic E-state index is 0. The number of rotatable bonds is 3. The predicted molar refractivity (Wildman–Crippen MR) is 90.4 cm³/mol. The topological polar surface area (TPSA) is 29.3 Å². The van der Waals surface area contributed by atoms with Gasteiger partial charge >= 0.3 is 36.2 Å². The molecule has 1 unspecified atom stereocenters. The Bertz CT molecular complexity index is 563. The van der Waals surface area contributed by atoms with Crippen molar-refractivity contribution >= 4 is 23.0 Å². The normalized spacial score (nSPS) is 16.4. The van der Waals surface area contributed by atoms with E-state index in [2.05, 4.69) is 59.5 Å². The Morgan fingerprint density at radius 3 is 2.43 bits per heavy atom. The number of nitrogens with two attached hydrogens (primary N) is 1. The van der Waals surface area contributed by atoms with Crippen molar-refractivity contribution in [3.63, 3.8) is 0 Å². The summed E-state index contributed by atoms with van der Waals surface area (Å²) in [5.41, 5.74) is 10.1. The Kier molecular flexibility index (Phi) is 7.61. The summed E-state index contributed by atoms with van der Waals surface area (Å²) in [6.07, 6.45) is 2.30. The monoisotopic (exact) mass is 290 g/mol. The van der Waals surface area contributed by atoms with Crippen molar-refractivity contribution in [3.8, 4) is 0 Å². The Morgan fingerprint density at radius 2 is 1.71 bits per heavy atom. The molecule has 106 valence electrons. The fourth-order valence-electron chi connectivity index (χ4n) is 2.92. The standard InChI is InChI=1S/C17H20N2.Al.Li.4H/c18-12-16-11-10-15-8-4-5-9-17(15)19(16)13-14-6-2-1-3-7-14;;;;;;/h1-9,16H,10-13,18H2;;;;;;/q;+3;+1;4*-1. The maximum Gasteiger partial charge on any atom is 3.00 e. The number of fused-ring (bicyclic) bond motifs is 1. The van der Waals surface area contributed by atoms with E-state index in [-0.39, 0.29) is 41.9 Å². The van der Waals surface area contributed by atoms with E-state index < -0.39 is 0 Å². The van der Waals surface area contributed by atoms with Crippen molar-refractivity contribution in [1.29, 1.82) is 0 Å². The molecule has 21 heavy (non-hydrogen) atoms. The molecule has 0 fully saturated rings. The summed E-state index contributed by atoms with van der Waals surface area (Å²) in [7, 11) is 0. The van der Waals surface area contributed by atoms with E-state index in [1.807, 2.05) is 0 Å². The zero-order valence-corrected chi connectivity index (χ0v) is 13.9. The summed E-state index contributed by atoms with van der Waals surface area (Å²) >= 11 is 0. The summed E-state index contributed by atoms with van der Waals surface area (Å²) in [5.74, 6) is 0. The molecule has 4 heteroatoms. The molecule has 0 saturated heterocycles. The van der Waals surface area contributed by atoms with Crippen LogP contribution in [0.2, 0.25) is 0 Å². The second-order valence-corrected chi connectivity index (χ2v) is 5.17. The third-order valence-corrected chi connectivity index (χ3v) is 3.96. The van der Waals surface area contributed by atoms with E-state index in [9.17, 15) is 0 Å². The first kappa shape index (κ1) is 18.4. The molecular weight excluding hydrogens is 266 g/mol. The molecule has 0 amide bonds. The zero-order chi connectivity index (χ0) is 13.1. The van der Waals surface area contributed by atoms with E-state index >= 15 is 0 Å². The molecule has 1 heterocycles. The Balaban J connectivity index is -0.000000367. The van der Waals surface area contributed by atoms with Gasteiger partial charge in [-0.3, -0.25) is 0 Å². The maximum absolute atomic E-state index is 5.96. The second-order valence-electron chi connectivity index (χ2n) is 5.17. The van der Waals surface area contributed by atoms with Gasteiger partial charge in [0.15, 0.2) is 0 Å². The van der Waals surface area contributed by atoms with Crippen molar-refractivity contribution in [3.05, 3.63) is 65.7 Å². The van der Waals surface area contributed by atoms with Gasteiger partial charge in [0, 0.05) is 24.8 Å². The Hall–Kier alpha value is -0.670. The van der Waals surface area contributed by atoms with Crippen molar-refractivity contribution in [1.82, 2.24) is 0 Å². The van der Waals surface area contributed by atoms with Crippen LogP contribution in [-0.2, 0) is 13.0 Å². The first-order valence-electron chi connectivity index (χ1n) is 6.97. The summed E-state index contributed by atoms with van der Waals surface area (Å²) in [6, 6.07) is 19.8. The van der Waals surface area contributed by atoms with Crippen molar-refractivity contribution < 1.29 is 24.6 Å². The van der Waals surface area contributed by atoms with Gasteiger partial charge in [-0.05, 0) is 30.0 Å². The quantitative estimate of drug-likeness (QED) is 0.809. The molecule has 2 nitrogen and oxygen atoms in total. The molecule has 0 bridgehead atoms. The van der Waals surface area contributed by atoms with Crippen molar-refractivity contribution in [2.24, 2.45) is 5.73 Å². The maximum atomic E-state index is 5.96. The van der Waals surface area contributed by atoms with E-state index in [1.165, 1.54) is 16.8 Å². The van der Waals surface area contributed by atoms with Gasteiger partial charge in [0.2, 0.25) is 0 Å². The average Bonchev–Trinajstić information content (AvgIpc) is 2.49. The second kappa shape index (κ2) is 8.70. The van der Waals surface area contributed by atoms with Gasteiger partial charge in [0.25, 0.3) is 0 Å². The summed E-state index contributed by atoms with van der Waals surface area (Å²) < 4.78 is 0. The third kappa shape index (κ3) is 4.17. The molecule has 1 aliphatic heterocycles. The SMILES string of the molecule is NCC1CCc2ccccc2N1Cc1ccccc1.[Al+3].[H-].[H-].[H-].[H-].[Li+]. The largest absolute Gasteiger partial charge is 3.00 e. The smallest absolute Gasteiger partial charge is 1.00 e. The van der Waals surface area contributed by atoms with E-state index in [0.717, 1.165) is 25.9 Å². The predicted octanol–water partition coefficient (Wildman–Crippen LogP) is 0.0399. The van der Waals surface area contributed by atoms with Gasteiger partial charge in [-0.15, -0.1) is 0 Å². The first-order chi connectivity index (χ1) is 9.38. The van der Waals surface area contributed by atoms with Crippen LogP contribution < -0.4 is 29.5 Å². The molecule has 0 aliphatic carbocycles. The number of para-hydroxylation sites is 1. The summed E-state index contributed by atoms with van der Waals surface area (Å²) in [4.78, 5) is 2.47. The van der Waals surface area contributed by atoms with Crippen LogP contribution in [0.3, 0.4) is 0 Å². The fraction of sp³-hybridized carbons (Fsp3) is 0.294. The van der Waals surface area contributed by atoms with Gasteiger partial charge in [0.05, 0.1) is 0 Å². The van der Waals surface area contributed by atoms with Gasteiger partial charge in [-0.2, -0.15) is 0 Å². The van der Waals surface area contributed by atoms with Crippen LogP contribution >= 0.6 is 0 Å². The van der Waals surface area contributed by atoms with Crippen LogP contribution in [-0.4, -0.2) is 29.9 Å². The molecular formula is C17H24AlLiN2. The van der Waals surface area contributed by atoms with Crippen molar-refractivity contribution in [2.45, 2.75) is 25.4 Å². The number of benzene rings is 2. The molecule has 1 aliphatic rings. The molecule has 2 aromatic rings. The molecule has 2 N–H and O–H groups in total. The minimum absolute atomic E-state index is 0. The zero-order valence-electron chi connectivity index (χ0n) is 16.7. The average molecular weight is 290 g/mol. The van der Waals surface area contributed by atoms with Crippen LogP contribution in [0.25, 0.3) is 0 Å². The number of hydrogen-bond donors (Lipinski definition) is 1. The van der Waals surface area contributed by atoms with Gasteiger partial charge in [-0.25, -0.2) is 0 Å². The number of anilines is 1. The number of aryl methyl sites for hydroxylation is 1. The van der Waals surface area contributed by atoms with Crippen LogP contribution in [0, 0.1) is 0 Å². The number of nitrogens with zero attached hydrogens (tertiary/aromatic N) is 1. The Morgan fingerprint density at radius 1 is 1.05 bits per heavy atom. The van der Waals surface area contributed by atoms with Gasteiger partial charge in [-0.1, -0.05) is 48.5 Å². The summed E-state index contributed by atoms with van der Waals surface area (Å²) in [6.45, 7) is 1.67. The molecule has 0 spiro atoms. The van der Waals surface area contributed by atoms with Gasteiger partial charge in [0.1, 0.15) is 0 Å². The summed E-state index contributed by atoms with van der Waals surface area (Å²) in [5, 5.41) is 0. The molecule has 2 aromatic carbocycles. The van der Waals surface area contributed by atoms with Crippen LogP contribution in [0.4, 0.5) is 5.69 Å².